The number of hydrogen-bond acceptors (Lipinski definition) is 3. The Morgan fingerprint density at radius 3 is 2.75 bits per heavy atom. The molecule has 0 radical (unpaired) electrons. The van der Waals surface area contributed by atoms with Crippen molar-refractivity contribution in [2.75, 3.05) is 0 Å². The molecule has 0 atom stereocenters. The SMILES string of the molecule is Cc1ccc(C(=O)O)c(O)c1-c1cnc[nH]1. The third kappa shape index (κ3) is 1.52. The Kier molecular flexibility index (Phi) is 2.36. The summed E-state index contributed by atoms with van der Waals surface area (Å²) in [7, 11) is 0. The molecule has 5 nitrogen and oxygen atoms in total. The van der Waals surface area contributed by atoms with E-state index in [1.165, 1.54) is 18.6 Å². The lowest BCUT2D eigenvalue weighted by molar-refractivity contribution is 0.0694. The number of aromatic carboxylic acids is 1. The molecule has 0 aliphatic heterocycles. The third-order valence-electron chi connectivity index (χ3n) is 2.38. The van der Waals surface area contributed by atoms with E-state index in [1.54, 1.807) is 13.0 Å². The Morgan fingerprint density at radius 2 is 2.19 bits per heavy atom. The third-order valence-corrected chi connectivity index (χ3v) is 2.38. The van der Waals surface area contributed by atoms with Crippen LogP contribution in [0, 0.1) is 6.92 Å². The van der Waals surface area contributed by atoms with Gasteiger partial charge in [-0.1, -0.05) is 6.07 Å². The van der Waals surface area contributed by atoms with Crippen LogP contribution < -0.4 is 0 Å². The van der Waals surface area contributed by atoms with E-state index in [-0.39, 0.29) is 11.3 Å². The van der Waals surface area contributed by atoms with Gasteiger partial charge in [0, 0.05) is 5.56 Å². The fourth-order valence-electron chi connectivity index (χ4n) is 1.60. The number of aryl methyl sites for hydroxylation is 1. The Morgan fingerprint density at radius 1 is 1.44 bits per heavy atom. The van der Waals surface area contributed by atoms with Gasteiger partial charge in [0.1, 0.15) is 11.3 Å². The van der Waals surface area contributed by atoms with Crippen LogP contribution in [0.5, 0.6) is 5.75 Å². The number of aromatic hydroxyl groups is 1. The second-order valence-electron chi connectivity index (χ2n) is 3.42. The number of rotatable bonds is 2. The highest BCUT2D eigenvalue weighted by molar-refractivity contribution is 5.94. The summed E-state index contributed by atoms with van der Waals surface area (Å²) in [6.45, 7) is 1.79. The number of carboxylic acids is 1. The summed E-state index contributed by atoms with van der Waals surface area (Å²) >= 11 is 0. The number of hydrogen-bond donors (Lipinski definition) is 3. The molecular weight excluding hydrogens is 208 g/mol. The first-order valence-corrected chi connectivity index (χ1v) is 4.66. The molecule has 5 heteroatoms. The number of carboxylic acid groups (broad SMARTS) is 1. The van der Waals surface area contributed by atoms with Gasteiger partial charge in [-0.2, -0.15) is 0 Å². The molecule has 1 aromatic heterocycles. The van der Waals surface area contributed by atoms with Gasteiger partial charge in [0.15, 0.2) is 0 Å². The topological polar surface area (TPSA) is 86.2 Å². The molecule has 1 aromatic carbocycles. The van der Waals surface area contributed by atoms with Gasteiger partial charge < -0.3 is 15.2 Å². The molecule has 0 aliphatic rings. The van der Waals surface area contributed by atoms with Crippen LogP contribution in [0.15, 0.2) is 24.7 Å². The minimum absolute atomic E-state index is 0.116. The Balaban J connectivity index is 2.69. The number of nitrogens with zero attached hydrogens (tertiary/aromatic N) is 1. The van der Waals surface area contributed by atoms with E-state index in [1.807, 2.05) is 0 Å². The quantitative estimate of drug-likeness (QED) is 0.717. The van der Waals surface area contributed by atoms with Gasteiger partial charge in [-0.05, 0) is 18.6 Å². The summed E-state index contributed by atoms with van der Waals surface area (Å²) in [6.07, 6.45) is 3.01. The van der Waals surface area contributed by atoms with Crippen molar-refractivity contribution in [3.05, 3.63) is 35.8 Å². The van der Waals surface area contributed by atoms with Crippen molar-refractivity contribution >= 4 is 5.97 Å². The van der Waals surface area contributed by atoms with Crippen LogP contribution in [0.1, 0.15) is 15.9 Å². The zero-order valence-electron chi connectivity index (χ0n) is 8.56. The number of nitrogens with one attached hydrogen (secondary N) is 1. The molecule has 0 saturated carbocycles. The molecule has 2 aromatic rings. The Bertz CT molecular complexity index is 532. The van der Waals surface area contributed by atoms with Gasteiger partial charge in [-0.25, -0.2) is 9.78 Å². The molecule has 0 saturated heterocycles. The van der Waals surface area contributed by atoms with E-state index in [4.69, 9.17) is 5.11 Å². The highest BCUT2D eigenvalue weighted by Gasteiger charge is 2.17. The summed E-state index contributed by atoms with van der Waals surface area (Å²) in [6, 6.07) is 3.03. The molecule has 0 amide bonds. The van der Waals surface area contributed by atoms with Gasteiger partial charge in [-0.3, -0.25) is 0 Å². The van der Waals surface area contributed by atoms with Gasteiger partial charge in [0.05, 0.1) is 18.2 Å². The lowest BCUT2D eigenvalue weighted by atomic mass is 10.0. The van der Waals surface area contributed by atoms with Crippen LogP contribution in [0.3, 0.4) is 0 Å². The van der Waals surface area contributed by atoms with Crippen LogP contribution in [-0.2, 0) is 0 Å². The van der Waals surface area contributed by atoms with Crippen LogP contribution in [-0.4, -0.2) is 26.2 Å². The standard InChI is InChI=1S/C11H10N2O3/c1-6-2-3-7(11(15)16)10(14)9(6)8-4-12-5-13-8/h2-5,14H,1H3,(H,12,13)(H,15,16). The molecule has 0 unspecified atom stereocenters. The molecule has 0 bridgehead atoms. The molecule has 3 N–H and O–H groups in total. The zero-order valence-corrected chi connectivity index (χ0v) is 8.56. The van der Waals surface area contributed by atoms with E-state index in [0.29, 0.717) is 11.3 Å². The smallest absolute Gasteiger partial charge is 0.339 e. The van der Waals surface area contributed by atoms with Gasteiger partial charge in [-0.15, -0.1) is 0 Å². The number of phenols is 1. The van der Waals surface area contributed by atoms with Crippen molar-refractivity contribution in [1.29, 1.82) is 0 Å². The summed E-state index contributed by atoms with van der Waals surface area (Å²) in [5.74, 6) is -1.39. The van der Waals surface area contributed by atoms with Crippen LogP contribution >= 0.6 is 0 Å². The number of benzene rings is 1. The average Bonchev–Trinajstić information content (AvgIpc) is 2.70. The lowest BCUT2D eigenvalue weighted by Crippen LogP contribution is -1.99. The predicted molar refractivity (Wildman–Crippen MR) is 57.4 cm³/mol. The number of imidazole rings is 1. The van der Waals surface area contributed by atoms with Crippen molar-refractivity contribution in [3.63, 3.8) is 0 Å². The van der Waals surface area contributed by atoms with Crippen LogP contribution in [0.2, 0.25) is 0 Å². The highest BCUT2D eigenvalue weighted by Crippen LogP contribution is 2.33. The van der Waals surface area contributed by atoms with E-state index in [0.717, 1.165) is 5.56 Å². The summed E-state index contributed by atoms with van der Waals surface area (Å²) in [5, 5.41) is 18.8. The zero-order chi connectivity index (χ0) is 11.7. The highest BCUT2D eigenvalue weighted by atomic mass is 16.4. The second kappa shape index (κ2) is 3.69. The van der Waals surface area contributed by atoms with Crippen LogP contribution in [0.25, 0.3) is 11.3 Å². The molecule has 82 valence electrons. The predicted octanol–water partition coefficient (Wildman–Crippen LogP) is 1.79. The Labute approximate surface area is 91.4 Å². The van der Waals surface area contributed by atoms with Crippen molar-refractivity contribution in [3.8, 4) is 17.0 Å². The number of aromatic amines is 1. The van der Waals surface area contributed by atoms with Gasteiger partial charge in [0.25, 0.3) is 0 Å². The first kappa shape index (κ1) is 10.2. The number of carbonyl (C=O) groups is 1. The fraction of sp³-hybridized carbons (Fsp3) is 0.0909. The van der Waals surface area contributed by atoms with Crippen LogP contribution in [0.4, 0.5) is 0 Å². The van der Waals surface area contributed by atoms with Crippen molar-refractivity contribution in [2.45, 2.75) is 6.92 Å². The van der Waals surface area contributed by atoms with E-state index < -0.39 is 5.97 Å². The van der Waals surface area contributed by atoms with E-state index >= 15 is 0 Å². The monoisotopic (exact) mass is 218 g/mol. The number of aromatic nitrogens is 2. The van der Waals surface area contributed by atoms with Gasteiger partial charge in [0.2, 0.25) is 0 Å². The first-order chi connectivity index (χ1) is 7.61. The summed E-state index contributed by atoms with van der Waals surface area (Å²) < 4.78 is 0. The molecule has 16 heavy (non-hydrogen) atoms. The molecular formula is C11H10N2O3. The van der Waals surface area contributed by atoms with Crippen molar-refractivity contribution < 1.29 is 15.0 Å². The second-order valence-corrected chi connectivity index (χ2v) is 3.42. The van der Waals surface area contributed by atoms with Gasteiger partial charge >= 0.3 is 5.97 Å². The largest absolute Gasteiger partial charge is 0.506 e. The minimum Gasteiger partial charge on any atom is -0.506 e. The molecule has 1 heterocycles. The van der Waals surface area contributed by atoms with E-state index in [9.17, 15) is 9.90 Å². The molecule has 0 spiro atoms. The maximum Gasteiger partial charge on any atom is 0.339 e. The molecule has 2 rings (SSSR count). The maximum atomic E-state index is 10.9. The molecule has 0 fully saturated rings. The lowest BCUT2D eigenvalue weighted by Gasteiger charge is -2.08. The molecule has 0 aliphatic carbocycles. The van der Waals surface area contributed by atoms with E-state index in [2.05, 4.69) is 9.97 Å². The first-order valence-electron chi connectivity index (χ1n) is 4.66. The summed E-state index contributed by atoms with van der Waals surface area (Å²) in [4.78, 5) is 17.5. The maximum absolute atomic E-state index is 10.9. The fourth-order valence-corrected chi connectivity index (χ4v) is 1.60. The number of H-pyrrole nitrogens is 1. The Hall–Kier alpha value is -2.30. The van der Waals surface area contributed by atoms with Crippen molar-refractivity contribution in [2.24, 2.45) is 0 Å². The summed E-state index contributed by atoms with van der Waals surface area (Å²) in [5.41, 5.74) is 1.73. The normalized spacial score (nSPS) is 10.3. The van der Waals surface area contributed by atoms with Crippen molar-refractivity contribution in [1.82, 2.24) is 9.97 Å². The minimum atomic E-state index is -1.15. The average molecular weight is 218 g/mol.